The third-order valence-corrected chi connectivity index (χ3v) is 2.93. The van der Waals surface area contributed by atoms with E-state index in [0.717, 1.165) is 28.1 Å². The summed E-state index contributed by atoms with van der Waals surface area (Å²) >= 11 is 3.34. The van der Waals surface area contributed by atoms with Gasteiger partial charge in [-0.15, -0.1) is 0 Å². The Hall–Kier alpha value is -1.29. The number of rotatable bonds is 2. The van der Waals surface area contributed by atoms with Crippen LogP contribution in [0.25, 0.3) is 11.3 Å². The normalized spacial score (nSPS) is 10.6. The van der Waals surface area contributed by atoms with Gasteiger partial charge < -0.3 is 0 Å². The SMILES string of the molecule is CCc1nc(Br)cc(-c2ccc(C)c(F)c2)n1. The quantitative estimate of drug-likeness (QED) is 0.785. The number of aryl methyl sites for hydroxylation is 2. The molecular formula is C13H12BrFN2. The number of benzene rings is 1. The van der Waals surface area contributed by atoms with Gasteiger partial charge in [0.1, 0.15) is 16.2 Å². The maximum Gasteiger partial charge on any atom is 0.130 e. The Balaban J connectivity index is 2.52. The van der Waals surface area contributed by atoms with Crippen molar-refractivity contribution in [1.82, 2.24) is 9.97 Å². The lowest BCUT2D eigenvalue weighted by molar-refractivity contribution is 0.619. The molecule has 0 radical (unpaired) electrons. The molecule has 88 valence electrons. The van der Waals surface area contributed by atoms with Crippen molar-refractivity contribution < 1.29 is 4.39 Å². The van der Waals surface area contributed by atoms with Crippen LogP contribution in [0, 0.1) is 12.7 Å². The van der Waals surface area contributed by atoms with E-state index in [2.05, 4.69) is 25.9 Å². The molecule has 4 heteroatoms. The molecule has 0 aliphatic carbocycles. The van der Waals surface area contributed by atoms with Gasteiger partial charge in [0.2, 0.25) is 0 Å². The standard InChI is InChI=1S/C13H12BrFN2/c1-3-13-16-11(7-12(14)17-13)9-5-4-8(2)10(15)6-9/h4-7H,3H2,1-2H3. The summed E-state index contributed by atoms with van der Waals surface area (Å²) in [6, 6.07) is 6.92. The van der Waals surface area contributed by atoms with E-state index in [1.54, 1.807) is 19.1 Å². The molecule has 0 atom stereocenters. The first kappa shape index (κ1) is 12.2. The average molecular weight is 295 g/mol. The van der Waals surface area contributed by atoms with E-state index in [4.69, 9.17) is 0 Å². The van der Waals surface area contributed by atoms with E-state index < -0.39 is 0 Å². The fourth-order valence-electron chi connectivity index (χ4n) is 1.52. The zero-order chi connectivity index (χ0) is 12.4. The molecule has 0 bridgehead atoms. The van der Waals surface area contributed by atoms with Crippen molar-refractivity contribution in [3.8, 4) is 11.3 Å². The van der Waals surface area contributed by atoms with Gasteiger partial charge in [0, 0.05) is 12.0 Å². The molecule has 0 fully saturated rings. The smallest absolute Gasteiger partial charge is 0.130 e. The Kier molecular flexibility index (Phi) is 3.52. The van der Waals surface area contributed by atoms with E-state index in [-0.39, 0.29) is 5.82 Å². The van der Waals surface area contributed by atoms with Gasteiger partial charge in [-0.1, -0.05) is 19.1 Å². The molecule has 0 aliphatic heterocycles. The zero-order valence-corrected chi connectivity index (χ0v) is 11.3. The van der Waals surface area contributed by atoms with E-state index in [1.807, 2.05) is 13.0 Å². The summed E-state index contributed by atoms with van der Waals surface area (Å²) in [6.45, 7) is 3.73. The van der Waals surface area contributed by atoms with E-state index in [0.29, 0.717) is 5.56 Å². The first-order valence-electron chi connectivity index (χ1n) is 5.40. The predicted octanol–water partition coefficient (Wildman–Crippen LogP) is 3.92. The van der Waals surface area contributed by atoms with Gasteiger partial charge in [-0.05, 0) is 40.5 Å². The first-order chi connectivity index (χ1) is 8.10. The molecule has 2 aromatic rings. The highest BCUT2D eigenvalue weighted by atomic mass is 79.9. The highest BCUT2D eigenvalue weighted by molar-refractivity contribution is 9.10. The molecular weight excluding hydrogens is 283 g/mol. The molecule has 0 aliphatic rings. The Labute approximate surface area is 108 Å². The highest BCUT2D eigenvalue weighted by Gasteiger charge is 2.06. The second-order valence-electron chi connectivity index (χ2n) is 3.81. The van der Waals surface area contributed by atoms with Crippen LogP contribution in [0.3, 0.4) is 0 Å². The Bertz CT molecular complexity index is 555. The number of aromatic nitrogens is 2. The van der Waals surface area contributed by atoms with E-state index >= 15 is 0 Å². The third kappa shape index (κ3) is 2.69. The minimum absolute atomic E-state index is 0.213. The van der Waals surface area contributed by atoms with E-state index in [1.165, 1.54) is 6.07 Å². The van der Waals surface area contributed by atoms with Crippen LogP contribution in [0.4, 0.5) is 4.39 Å². The number of nitrogens with zero attached hydrogens (tertiary/aromatic N) is 2. The molecule has 0 saturated carbocycles. The molecule has 0 saturated heterocycles. The Morgan fingerprint density at radius 3 is 2.65 bits per heavy atom. The average Bonchev–Trinajstić information content (AvgIpc) is 2.32. The molecule has 2 nitrogen and oxygen atoms in total. The molecule has 0 unspecified atom stereocenters. The summed E-state index contributed by atoms with van der Waals surface area (Å²) in [7, 11) is 0. The van der Waals surface area contributed by atoms with Gasteiger partial charge in [-0.3, -0.25) is 0 Å². The van der Waals surface area contributed by atoms with Crippen molar-refractivity contribution in [2.24, 2.45) is 0 Å². The van der Waals surface area contributed by atoms with Crippen molar-refractivity contribution >= 4 is 15.9 Å². The highest BCUT2D eigenvalue weighted by Crippen LogP contribution is 2.22. The van der Waals surface area contributed by atoms with Crippen molar-refractivity contribution in [3.63, 3.8) is 0 Å². The lowest BCUT2D eigenvalue weighted by Crippen LogP contribution is -1.96. The Morgan fingerprint density at radius 2 is 2.00 bits per heavy atom. The monoisotopic (exact) mass is 294 g/mol. The van der Waals surface area contributed by atoms with Gasteiger partial charge in [0.05, 0.1) is 5.69 Å². The number of hydrogen-bond acceptors (Lipinski definition) is 2. The van der Waals surface area contributed by atoms with Crippen molar-refractivity contribution in [2.75, 3.05) is 0 Å². The number of halogens is 2. The fraction of sp³-hybridized carbons (Fsp3) is 0.231. The molecule has 1 aromatic heterocycles. The number of hydrogen-bond donors (Lipinski definition) is 0. The third-order valence-electron chi connectivity index (χ3n) is 2.53. The second-order valence-corrected chi connectivity index (χ2v) is 4.62. The predicted molar refractivity (Wildman–Crippen MR) is 69.2 cm³/mol. The lowest BCUT2D eigenvalue weighted by Gasteiger charge is -2.05. The molecule has 1 aromatic carbocycles. The summed E-state index contributed by atoms with van der Waals surface area (Å²) in [5, 5.41) is 0. The van der Waals surface area contributed by atoms with Crippen LogP contribution in [0.2, 0.25) is 0 Å². The second kappa shape index (κ2) is 4.92. The van der Waals surface area contributed by atoms with Gasteiger partial charge in [0.15, 0.2) is 0 Å². The van der Waals surface area contributed by atoms with Crippen LogP contribution in [0.15, 0.2) is 28.9 Å². The van der Waals surface area contributed by atoms with Gasteiger partial charge in [-0.25, -0.2) is 14.4 Å². The van der Waals surface area contributed by atoms with Crippen LogP contribution >= 0.6 is 15.9 Å². The maximum atomic E-state index is 13.5. The summed E-state index contributed by atoms with van der Waals surface area (Å²) in [4.78, 5) is 8.61. The van der Waals surface area contributed by atoms with E-state index in [9.17, 15) is 4.39 Å². The summed E-state index contributed by atoms with van der Waals surface area (Å²) in [5.41, 5.74) is 2.14. The van der Waals surface area contributed by atoms with Crippen LogP contribution in [-0.4, -0.2) is 9.97 Å². The van der Waals surface area contributed by atoms with Crippen molar-refractivity contribution in [3.05, 3.63) is 46.1 Å². The van der Waals surface area contributed by atoms with Crippen molar-refractivity contribution in [2.45, 2.75) is 20.3 Å². The minimum Gasteiger partial charge on any atom is -0.233 e. The summed E-state index contributed by atoms with van der Waals surface area (Å²) in [6.07, 6.45) is 0.751. The Morgan fingerprint density at radius 1 is 1.24 bits per heavy atom. The maximum absolute atomic E-state index is 13.5. The molecule has 2 rings (SSSR count). The molecule has 17 heavy (non-hydrogen) atoms. The topological polar surface area (TPSA) is 25.8 Å². The van der Waals surface area contributed by atoms with Crippen LogP contribution in [0.5, 0.6) is 0 Å². The van der Waals surface area contributed by atoms with Gasteiger partial charge >= 0.3 is 0 Å². The minimum atomic E-state index is -0.213. The van der Waals surface area contributed by atoms with Gasteiger partial charge in [0.25, 0.3) is 0 Å². The molecule has 0 amide bonds. The summed E-state index contributed by atoms with van der Waals surface area (Å²) in [5.74, 6) is 0.533. The largest absolute Gasteiger partial charge is 0.233 e. The van der Waals surface area contributed by atoms with Crippen LogP contribution < -0.4 is 0 Å². The zero-order valence-electron chi connectivity index (χ0n) is 9.67. The molecule has 0 N–H and O–H groups in total. The van der Waals surface area contributed by atoms with Crippen molar-refractivity contribution in [1.29, 1.82) is 0 Å². The van der Waals surface area contributed by atoms with Crippen LogP contribution in [0.1, 0.15) is 18.3 Å². The van der Waals surface area contributed by atoms with Gasteiger partial charge in [-0.2, -0.15) is 0 Å². The molecule has 0 spiro atoms. The first-order valence-corrected chi connectivity index (χ1v) is 6.19. The lowest BCUT2D eigenvalue weighted by atomic mass is 10.1. The summed E-state index contributed by atoms with van der Waals surface area (Å²) < 4.78 is 14.2. The van der Waals surface area contributed by atoms with Crippen LogP contribution in [-0.2, 0) is 6.42 Å². The molecule has 1 heterocycles. The fourth-order valence-corrected chi connectivity index (χ4v) is 1.94.